The van der Waals surface area contributed by atoms with Crippen LogP contribution in [0.4, 0.5) is 4.39 Å². The Morgan fingerprint density at radius 2 is 1.97 bits per heavy atom. The predicted octanol–water partition coefficient (Wildman–Crippen LogP) is 4.00. The third kappa shape index (κ3) is 5.07. The number of hydrogen-bond donors (Lipinski definition) is 0. The molecule has 1 unspecified atom stereocenters. The largest absolute Gasteiger partial charge is 0.496 e. The fraction of sp³-hybridized carbons (Fsp3) is 0.364. The van der Waals surface area contributed by atoms with Crippen molar-refractivity contribution in [3.05, 3.63) is 64.4 Å². The SMILES string of the molecule is COc1ccc(Cl)cc1CN(C)C(=O)C1CCCN(C(=O)c2ccc(F)cc2)C1. The Morgan fingerprint density at radius 3 is 2.66 bits per heavy atom. The van der Waals surface area contributed by atoms with Gasteiger partial charge < -0.3 is 14.5 Å². The van der Waals surface area contributed by atoms with Crippen molar-refractivity contribution < 1.29 is 18.7 Å². The van der Waals surface area contributed by atoms with E-state index < -0.39 is 0 Å². The number of ether oxygens (including phenoxy) is 1. The Kier molecular flexibility index (Phi) is 6.75. The third-order valence-corrected chi connectivity index (χ3v) is 5.41. The first-order valence-corrected chi connectivity index (χ1v) is 9.89. The fourth-order valence-corrected chi connectivity index (χ4v) is 3.85. The molecule has 1 atom stereocenters. The number of halogens is 2. The van der Waals surface area contributed by atoms with E-state index in [2.05, 4.69) is 0 Å². The van der Waals surface area contributed by atoms with Gasteiger partial charge in [0.15, 0.2) is 0 Å². The van der Waals surface area contributed by atoms with Gasteiger partial charge in [0.05, 0.1) is 13.0 Å². The maximum atomic E-state index is 13.1. The number of carbonyl (C=O) groups excluding carboxylic acids is 2. The molecule has 0 bridgehead atoms. The lowest BCUT2D eigenvalue weighted by Crippen LogP contribution is -2.45. The number of methoxy groups -OCH3 is 1. The van der Waals surface area contributed by atoms with E-state index >= 15 is 0 Å². The van der Waals surface area contributed by atoms with E-state index in [1.165, 1.54) is 24.3 Å². The molecule has 0 spiro atoms. The van der Waals surface area contributed by atoms with Crippen LogP contribution in [0.15, 0.2) is 42.5 Å². The number of hydrogen-bond acceptors (Lipinski definition) is 3. The summed E-state index contributed by atoms with van der Waals surface area (Å²) in [5, 5.41) is 0.579. The van der Waals surface area contributed by atoms with Crippen LogP contribution in [0, 0.1) is 11.7 Å². The molecule has 5 nitrogen and oxygen atoms in total. The summed E-state index contributed by atoms with van der Waals surface area (Å²) in [6.07, 6.45) is 1.47. The van der Waals surface area contributed by atoms with Crippen molar-refractivity contribution in [2.24, 2.45) is 5.92 Å². The molecular weight excluding hydrogens is 395 g/mol. The molecule has 1 aliphatic rings. The summed E-state index contributed by atoms with van der Waals surface area (Å²) in [4.78, 5) is 29.0. The highest BCUT2D eigenvalue weighted by Crippen LogP contribution is 2.26. The molecule has 1 aliphatic heterocycles. The van der Waals surface area contributed by atoms with Crippen molar-refractivity contribution in [1.82, 2.24) is 9.80 Å². The zero-order valence-corrected chi connectivity index (χ0v) is 17.3. The standard InChI is InChI=1S/C22H24ClFN2O3/c1-25(13-17-12-18(23)7-10-20(17)29-2)21(27)16-4-3-11-26(14-16)22(28)15-5-8-19(24)9-6-15/h5-10,12,16H,3-4,11,13-14H2,1-2H3. The topological polar surface area (TPSA) is 49.9 Å². The van der Waals surface area contributed by atoms with Gasteiger partial charge in [-0.3, -0.25) is 9.59 Å². The summed E-state index contributed by atoms with van der Waals surface area (Å²) < 4.78 is 18.5. The first-order valence-electron chi connectivity index (χ1n) is 9.51. The van der Waals surface area contributed by atoms with Crippen molar-refractivity contribution in [2.45, 2.75) is 19.4 Å². The Bertz CT molecular complexity index is 888. The minimum Gasteiger partial charge on any atom is -0.496 e. The average molecular weight is 419 g/mol. The highest BCUT2D eigenvalue weighted by atomic mass is 35.5. The number of benzene rings is 2. The number of carbonyl (C=O) groups is 2. The molecule has 29 heavy (non-hydrogen) atoms. The average Bonchev–Trinajstić information content (AvgIpc) is 2.73. The van der Waals surface area contributed by atoms with Gasteiger partial charge >= 0.3 is 0 Å². The number of rotatable bonds is 5. The van der Waals surface area contributed by atoms with Gasteiger partial charge in [-0.2, -0.15) is 0 Å². The molecule has 7 heteroatoms. The number of nitrogens with zero attached hydrogens (tertiary/aromatic N) is 2. The van der Waals surface area contributed by atoms with E-state index in [1.54, 1.807) is 42.2 Å². The molecule has 1 fully saturated rings. The highest BCUT2D eigenvalue weighted by molar-refractivity contribution is 6.30. The molecule has 1 saturated heterocycles. The van der Waals surface area contributed by atoms with Gasteiger partial charge in [0.2, 0.25) is 5.91 Å². The van der Waals surface area contributed by atoms with Gasteiger partial charge in [-0.05, 0) is 55.3 Å². The smallest absolute Gasteiger partial charge is 0.253 e. The van der Waals surface area contributed by atoms with Crippen molar-refractivity contribution in [3.63, 3.8) is 0 Å². The van der Waals surface area contributed by atoms with Crippen LogP contribution in [0.5, 0.6) is 5.75 Å². The van der Waals surface area contributed by atoms with Crippen LogP contribution in [-0.4, -0.2) is 48.9 Å². The van der Waals surface area contributed by atoms with E-state index in [0.29, 0.717) is 36.0 Å². The van der Waals surface area contributed by atoms with Crippen molar-refractivity contribution in [2.75, 3.05) is 27.2 Å². The van der Waals surface area contributed by atoms with E-state index in [1.807, 2.05) is 0 Å². The Morgan fingerprint density at radius 1 is 1.24 bits per heavy atom. The minimum absolute atomic E-state index is 0.0244. The fourth-order valence-electron chi connectivity index (χ4n) is 3.65. The van der Waals surface area contributed by atoms with Crippen molar-refractivity contribution in [1.29, 1.82) is 0 Å². The second kappa shape index (κ2) is 9.27. The summed E-state index contributed by atoms with van der Waals surface area (Å²) in [6, 6.07) is 10.8. The van der Waals surface area contributed by atoms with Crippen LogP contribution in [0.25, 0.3) is 0 Å². The lowest BCUT2D eigenvalue weighted by atomic mass is 9.95. The zero-order chi connectivity index (χ0) is 21.0. The molecule has 2 aromatic rings. The molecule has 0 N–H and O–H groups in total. The predicted molar refractivity (Wildman–Crippen MR) is 110 cm³/mol. The molecule has 1 heterocycles. The number of amides is 2. The van der Waals surface area contributed by atoms with E-state index in [4.69, 9.17) is 16.3 Å². The van der Waals surface area contributed by atoms with Crippen LogP contribution in [-0.2, 0) is 11.3 Å². The minimum atomic E-state index is -0.383. The van der Waals surface area contributed by atoms with E-state index in [0.717, 1.165) is 18.4 Å². The van der Waals surface area contributed by atoms with Gasteiger partial charge in [0, 0.05) is 42.8 Å². The maximum absolute atomic E-state index is 13.1. The molecule has 2 aromatic carbocycles. The monoisotopic (exact) mass is 418 g/mol. The summed E-state index contributed by atoms with van der Waals surface area (Å²) in [6.45, 7) is 1.31. The Balaban J connectivity index is 1.66. The molecular formula is C22H24ClFN2O3. The van der Waals surface area contributed by atoms with Crippen LogP contribution >= 0.6 is 11.6 Å². The van der Waals surface area contributed by atoms with E-state index in [-0.39, 0.29) is 23.5 Å². The van der Waals surface area contributed by atoms with Crippen molar-refractivity contribution >= 4 is 23.4 Å². The summed E-state index contributed by atoms with van der Waals surface area (Å²) in [5.41, 5.74) is 1.25. The van der Waals surface area contributed by atoms with Gasteiger partial charge in [-0.1, -0.05) is 11.6 Å². The molecule has 0 radical (unpaired) electrons. The van der Waals surface area contributed by atoms with Gasteiger partial charge in [0.1, 0.15) is 11.6 Å². The number of likely N-dealkylation sites (tertiary alicyclic amines) is 1. The van der Waals surface area contributed by atoms with Gasteiger partial charge in [-0.15, -0.1) is 0 Å². The van der Waals surface area contributed by atoms with Gasteiger partial charge in [-0.25, -0.2) is 4.39 Å². The summed E-state index contributed by atoms with van der Waals surface area (Å²) in [7, 11) is 3.32. The van der Waals surface area contributed by atoms with E-state index in [9.17, 15) is 14.0 Å². The molecule has 0 aromatic heterocycles. The van der Waals surface area contributed by atoms with Crippen LogP contribution in [0.2, 0.25) is 5.02 Å². The first-order chi connectivity index (χ1) is 13.9. The van der Waals surface area contributed by atoms with Crippen LogP contribution in [0.1, 0.15) is 28.8 Å². The summed E-state index contributed by atoms with van der Waals surface area (Å²) in [5.74, 6) is -0.189. The molecule has 0 saturated carbocycles. The third-order valence-electron chi connectivity index (χ3n) is 5.18. The molecule has 0 aliphatic carbocycles. The zero-order valence-electron chi connectivity index (χ0n) is 16.5. The second-order valence-corrected chi connectivity index (χ2v) is 7.68. The van der Waals surface area contributed by atoms with Crippen LogP contribution < -0.4 is 4.74 Å². The van der Waals surface area contributed by atoms with Crippen molar-refractivity contribution in [3.8, 4) is 5.75 Å². The quantitative estimate of drug-likeness (QED) is 0.737. The lowest BCUT2D eigenvalue weighted by molar-refractivity contribution is -0.136. The normalized spacial score (nSPS) is 16.4. The Labute approximate surface area is 175 Å². The van der Waals surface area contributed by atoms with Gasteiger partial charge in [0.25, 0.3) is 5.91 Å². The molecule has 2 amide bonds. The highest BCUT2D eigenvalue weighted by Gasteiger charge is 2.30. The molecule has 3 rings (SSSR count). The Hall–Kier alpha value is -2.60. The second-order valence-electron chi connectivity index (χ2n) is 7.25. The first kappa shape index (κ1) is 21.1. The maximum Gasteiger partial charge on any atom is 0.253 e. The molecule has 154 valence electrons. The van der Waals surface area contributed by atoms with Crippen LogP contribution in [0.3, 0.4) is 0 Å². The summed E-state index contributed by atoms with van der Waals surface area (Å²) >= 11 is 6.08. The lowest BCUT2D eigenvalue weighted by Gasteiger charge is -2.34. The number of piperidine rings is 1.